The van der Waals surface area contributed by atoms with E-state index in [1.54, 1.807) is 0 Å². The van der Waals surface area contributed by atoms with Crippen LogP contribution in [0.1, 0.15) is 17.5 Å². The molecule has 7 aromatic carbocycles. The first-order valence-corrected chi connectivity index (χ1v) is 19.7. The molecule has 0 aliphatic heterocycles. The number of fused-ring (bicyclic) bond motifs is 6. The molecule has 2 aliphatic rings. The molecule has 0 unspecified atom stereocenters. The van der Waals surface area contributed by atoms with Gasteiger partial charge in [-0.25, -0.2) is 9.97 Å². The number of allylic oxidation sites excluding steroid dienone is 6. The van der Waals surface area contributed by atoms with Crippen molar-refractivity contribution >= 4 is 27.5 Å². The van der Waals surface area contributed by atoms with Crippen LogP contribution in [0.5, 0.6) is 0 Å². The van der Waals surface area contributed by atoms with Crippen LogP contribution < -0.4 is 0 Å². The predicted octanol–water partition coefficient (Wildman–Crippen LogP) is 13.8. The Bertz CT molecular complexity index is 3110. The average molecular weight is 728 g/mol. The fourth-order valence-corrected chi connectivity index (χ4v) is 8.76. The lowest BCUT2D eigenvalue weighted by Crippen LogP contribution is -1.99. The van der Waals surface area contributed by atoms with E-state index in [9.17, 15) is 0 Å². The fraction of sp³-hybridized carbons (Fsp3) is 0.0370. The van der Waals surface area contributed by atoms with Gasteiger partial charge in [-0.1, -0.05) is 158 Å². The van der Waals surface area contributed by atoms with E-state index >= 15 is 0 Å². The fourth-order valence-electron chi connectivity index (χ4n) is 8.76. The minimum absolute atomic E-state index is 0.740. The van der Waals surface area contributed by atoms with E-state index in [1.165, 1.54) is 77.6 Å². The van der Waals surface area contributed by atoms with Gasteiger partial charge >= 0.3 is 0 Å². The lowest BCUT2D eigenvalue weighted by atomic mass is 9.93. The number of para-hydroxylation sites is 1. The molecule has 9 aromatic rings. The Hall–Kier alpha value is -7.36. The molecule has 0 amide bonds. The summed E-state index contributed by atoms with van der Waals surface area (Å²) in [6, 6.07) is 61.1. The SMILES string of the molecule is C1=CCC=CC(n2c3ccccc3c3cc(-c4cccc(-c5cccc6c5-c5nc(-c7ccccc7)nc(-c7cccc(-c8ccccc8)c7)c5C6)c4)ccc32)=C1. The van der Waals surface area contributed by atoms with Gasteiger partial charge in [0.25, 0.3) is 0 Å². The summed E-state index contributed by atoms with van der Waals surface area (Å²) >= 11 is 0. The van der Waals surface area contributed by atoms with Gasteiger partial charge in [-0.15, -0.1) is 0 Å². The van der Waals surface area contributed by atoms with Crippen molar-refractivity contribution in [3.8, 4) is 67.3 Å². The molecule has 0 fully saturated rings. The van der Waals surface area contributed by atoms with Gasteiger partial charge in [0.15, 0.2) is 5.82 Å². The largest absolute Gasteiger partial charge is 0.309 e. The van der Waals surface area contributed by atoms with Crippen molar-refractivity contribution in [1.82, 2.24) is 14.5 Å². The van der Waals surface area contributed by atoms with Crippen LogP contribution >= 0.6 is 0 Å². The Labute approximate surface area is 332 Å². The van der Waals surface area contributed by atoms with Gasteiger partial charge in [0, 0.05) is 45.1 Å². The van der Waals surface area contributed by atoms with Crippen molar-refractivity contribution in [3.05, 3.63) is 211 Å². The van der Waals surface area contributed by atoms with Crippen LogP contribution in [-0.2, 0) is 6.42 Å². The number of nitrogens with zero attached hydrogens (tertiary/aromatic N) is 3. The number of aromatic nitrogens is 3. The standard InChI is InChI=1S/C54H37N3/c1-2-10-26-44(25-9-1)57-49-29-12-11-27-46(49)47-34-40(30-31-50(47)57)39-21-13-22-41(32-39)45-28-15-23-42-35-48-52(43-24-14-20-38(33-43)36-16-5-3-6-17-36)55-54(56-53(48)51(42)45)37-18-7-4-8-19-37/h1,3-34H,2,35H2. The summed E-state index contributed by atoms with van der Waals surface area (Å²) in [4.78, 5) is 10.7. The summed E-state index contributed by atoms with van der Waals surface area (Å²) in [7, 11) is 0. The molecule has 2 aromatic heterocycles. The monoisotopic (exact) mass is 727 g/mol. The molecule has 0 radical (unpaired) electrons. The first-order chi connectivity index (χ1) is 28.3. The second-order valence-corrected chi connectivity index (χ2v) is 14.9. The Morgan fingerprint density at radius 1 is 0.456 bits per heavy atom. The minimum Gasteiger partial charge on any atom is -0.309 e. The third kappa shape index (κ3) is 5.75. The maximum atomic E-state index is 5.38. The van der Waals surface area contributed by atoms with Crippen LogP contribution in [-0.4, -0.2) is 14.5 Å². The maximum Gasteiger partial charge on any atom is 0.160 e. The predicted molar refractivity (Wildman–Crippen MR) is 238 cm³/mol. The number of rotatable bonds is 6. The molecule has 0 spiro atoms. The highest BCUT2D eigenvalue weighted by molar-refractivity contribution is 6.11. The summed E-state index contributed by atoms with van der Waals surface area (Å²) in [5.41, 5.74) is 18.5. The van der Waals surface area contributed by atoms with Crippen molar-refractivity contribution in [2.75, 3.05) is 0 Å². The van der Waals surface area contributed by atoms with E-state index in [2.05, 4.69) is 199 Å². The van der Waals surface area contributed by atoms with Gasteiger partial charge in [-0.05, 0) is 87.8 Å². The Morgan fingerprint density at radius 3 is 1.96 bits per heavy atom. The zero-order valence-corrected chi connectivity index (χ0v) is 31.3. The maximum absolute atomic E-state index is 5.38. The van der Waals surface area contributed by atoms with Gasteiger partial charge < -0.3 is 4.57 Å². The smallest absolute Gasteiger partial charge is 0.160 e. The van der Waals surface area contributed by atoms with Gasteiger partial charge in [0.05, 0.1) is 22.4 Å². The van der Waals surface area contributed by atoms with E-state index in [0.717, 1.165) is 41.2 Å². The highest BCUT2D eigenvalue weighted by atomic mass is 15.0. The van der Waals surface area contributed by atoms with E-state index in [1.807, 2.05) is 6.07 Å². The lowest BCUT2D eigenvalue weighted by Gasteiger charge is -2.14. The van der Waals surface area contributed by atoms with Crippen LogP contribution in [0.4, 0.5) is 0 Å². The molecule has 0 atom stereocenters. The van der Waals surface area contributed by atoms with Gasteiger partial charge in [0.2, 0.25) is 0 Å². The normalized spacial score (nSPS) is 13.1. The first-order valence-electron chi connectivity index (χ1n) is 19.7. The summed E-state index contributed by atoms with van der Waals surface area (Å²) in [5.74, 6) is 0.740. The highest BCUT2D eigenvalue weighted by Gasteiger charge is 2.29. The Morgan fingerprint density at radius 2 is 1.11 bits per heavy atom. The van der Waals surface area contributed by atoms with Gasteiger partial charge in [-0.2, -0.15) is 0 Å². The second-order valence-electron chi connectivity index (χ2n) is 14.9. The van der Waals surface area contributed by atoms with Crippen LogP contribution in [0.3, 0.4) is 0 Å². The van der Waals surface area contributed by atoms with Crippen molar-refractivity contribution in [1.29, 1.82) is 0 Å². The molecule has 2 aliphatic carbocycles. The zero-order valence-electron chi connectivity index (χ0n) is 31.3. The zero-order chi connectivity index (χ0) is 37.7. The molecule has 2 heterocycles. The van der Waals surface area contributed by atoms with Crippen molar-refractivity contribution < 1.29 is 0 Å². The van der Waals surface area contributed by atoms with Crippen LogP contribution in [0.25, 0.3) is 94.8 Å². The average Bonchev–Trinajstić information content (AvgIpc) is 3.69. The van der Waals surface area contributed by atoms with Crippen molar-refractivity contribution in [2.45, 2.75) is 12.8 Å². The summed E-state index contributed by atoms with van der Waals surface area (Å²) in [6.07, 6.45) is 12.8. The Balaban J connectivity index is 1.05. The molecule has 0 saturated heterocycles. The molecular formula is C54H37N3. The summed E-state index contributed by atoms with van der Waals surface area (Å²) < 4.78 is 2.39. The molecule has 0 N–H and O–H groups in total. The summed E-state index contributed by atoms with van der Waals surface area (Å²) in [5, 5.41) is 2.50. The number of hydrogen-bond acceptors (Lipinski definition) is 2. The van der Waals surface area contributed by atoms with Crippen molar-refractivity contribution in [2.24, 2.45) is 0 Å². The molecule has 268 valence electrons. The number of benzene rings is 7. The topological polar surface area (TPSA) is 30.7 Å². The molecule has 11 rings (SSSR count). The van der Waals surface area contributed by atoms with E-state index < -0.39 is 0 Å². The second kappa shape index (κ2) is 13.7. The minimum atomic E-state index is 0.740. The van der Waals surface area contributed by atoms with Gasteiger partial charge in [0.1, 0.15) is 0 Å². The van der Waals surface area contributed by atoms with Crippen LogP contribution in [0, 0.1) is 0 Å². The molecule has 0 saturated carbocycles. The van der Waals surface area contributed by atoms with E-state index in [0.29, 0.717) is 0 Å². The molecule has 57 heavy (non-hydrogen) atoms. The molecule has 3 nitrogen and oxygen atoms in total. The number of hydrogen-bond donors (Lipinski definition) is 0. The molecular weight excluding hydrogens is 691 g/mol. The quantitative estimate of drug-likeness (QED) is 0.171. The third-order valence-electron chi connectivity index (χ3n) is 11.4. The van der Waals surface area contributed by atoms with Crippen LogP contribution in [0.2, 0.25) is 0 Å². The molecule has 3 heteroatoms. The highest BCUT2D eigenvalue weighted by Crippen LogP contribution is 2.46. The van der Waals surface area contributed by atoms with Gasteiger partial charge in [-0.3, -0.25) is 0 Å². The van der Waals surface area contributed by atoms with E-state index in [4.69, 9.17) is 9.97 Å². The summed E-state index contributed by atoms with van der Waals surface area (Å²) in [6.45, 7) is 0. The van der Waals surface area contributed by atoms with Crippen molar-refractivity contribution in [3.63, 3.8) is 0 Å². The Kier molecular flexibility index (Phi) is 7.96. The lowest BCUT2D eigenvalue weighted by molar-refractivity contribution is 1.13. The van der Waals surface area contributed by atoms with Crippen LogP contribution in [0.15, 0.2) is 200 Å². The third-order valence-corrected chi connectivity index (χ3v) is 11.4. The van der Waals surface area contributed by atoms with E-state index in [-0.39, 0.29) is 0 Å². The molecule has 0 bridgehead atoms. The first kappa shape index (κ1) is 33.0.